The number of imidazole rings is 1. The van der Waals surface area contributed by atoms with Crippen molar-refractivity contribution in [1.82, 2.24) is 14.9 Å². The Balaban J connectivity index is 0.00000117. The third-order valence-corrected chi connectivity index (χ3v) is 5.38. The van der Waals surface area contributed by atoms with Gasteiger partial charge in [-0.3, -0.25) is 4.79 Å². The van der Waals surface area contributed by atoms with E-state index in [2.05, 4.69) is 46.1 Å². The zero-order valence-corrected chi connectivity index (χ0v) is 17.9. The van der Waals surface area contributed by atoms with E-state index in [-0.39, 0.29) is 11.9 Å². The fraction of sp³-hybridized carbons (Fsp3) is 0.360. The molecule has 0 bridgehead atoms. The molecule has 0 fully saturated rings. The average Bonchev–Trinajstić information content (AvgIpc) is 3.12. The summed E-state index contributed by atoms with van der Waals surface area (Å²) in [7, 11) is 0. The molecule has 0 radical (unpaired) electrons. The van der Waals surface area contributed by atoms with Crippen LogP contribution in [0.25, 0.3) is 5.69 Å². The number of aromatic nitrogens is 2. The summed E-state index contributed by atoms with van der Waals surface area (Å²) in [6.45, 7) is 8.03. The molecule has 0 spiro atoms. The van der Waals surface area contributed by atoms with Crippen LogP contribution in [0.4, 0.5) is 0 Å². The smallest absolute Gasteiger partial charge is 0.272 e. The quantitative estimate of drug-likeness (QED) is 0.633. The largest absolute Gasteiger partial charge is 0.344 e. The summed E-state index contributed by atoms with van der Waals surface area (Å²) >= 11 is 0. The molecule has 0 aliphatic heterocycles. The SMILES string of the molecule is CC.CCc1c(C(=O)NC2CCCc3ccccc32)nc(C)n1-c1ccccc1. The predicted molar refractivity (Wildman–Crippen MR) is 119 cm³/mol. The van der Waals surface area contributed by atoms with Gasteiger partial charge in [0.2, 0.25) is 0 Å². The molecule has 3 aromatic rings. The van der Waals surface area contributed by atoms with Crippen molar-refractivity contribution in [2.24, 2.45) is 0 Å². The number of benzene rings is 2. The molecule has 4 nitrogen and oxygen atoms in total. The minimum absolute atomic E-state index is 0.0642. The van der Waals surface area contributed by atoms with Gasteiger partial charge in [0.25, 0.3) is 5.91 Å². The molecular formula is C25H31N3O. The second kappa shape index (κ2) is 9.55. The Labute approximate surface area is 174 Å². The standard InChI is InChI=1S/C23H25N3O.C2H6/c1-3-21-22(24-16(2)26(21)18-12-5-4-6-13-18)23(27)25-20-15-9-11-17-10-7-8-14-19(17)20;1-2/h4-8,10,12-14,20H,3,9,11,15H2,1-2H3,(H,25,27);1-2H3. The highest BCUT2D eigenvalue weighted by atomic mass is 16.2. The lowest BCUT2D eigenvalue weighted by molar-refractivity contribution is 0.0927. The number of fused-ring (bicyclic) bond motifs is 1. The second-order valence-corrected chi connectivity index (χ2v) is 7.10. The topological polar surface area (TPSA) is 46.9 Å². The Morgan fingerprint density at radius 2 is 1.79 bits per heavy atom. The van der Waals surface area contributed by atoms with Crippen molar-refractivity contribution in [1.29, 1.82) is 0 Å². The number of hydrogen-bond donors (Lipinski definition) is 1. The minimum Gasteiger partial charge on any atom is -0.344 e. The van der Waals surface area contributed by atoms with E-state index in [1.165, 1.54) is 11.1 Å². The molecule has 1 aliphatic rings. The molecule has 1 heterocycles. The monoisotopic (exact) mass is 389 g/mol. The first kappa shape index (κ1) is 20.8. The fourth-order valence-electron chi connectivity index (χ4n) is 4.14. The van der Waals surface area contributed by atoms with E-state index in [0.717, 1.165) is 42.9 Å². The highest BCUT2D eigenvalue weighted by molar-refractivity contribution is 5.94. The van der Waals surface area contributed by atoms with E-state index < -0.39 is 0 Å². The van der Waals surface area contributed by atoms with Crippen LogP contribution in [0.1, 0.15) is 72.8 Å². The Morgan fingerprint density at radius 1 is 1.10 bits per heavy atom. The average molecular weight is 390 g/mol. The van der Waals surface area contributed by atoms with Crippen LogP contribution in [-0.4, -0.2) is 15.5 Å². The van der Waals surface area contributed by atoms with Crippen molar-refractivity contribution in [3.8, 4) is 5.69 Å². The van der Waals surface area contributed by atoms with Gasteiger partial charge in [-0.2, -0.15) is 0 Å². The van der Waals surface area contributed by atoms with Crippen molar-refractivity contribution in [3.05, 3.63) is 82.9 Å². The molecule has 1 unspecified atom stereocenters. The molecule has 2 aromatic carbocycles. The van der Waals surface area contributed by atoms with Crippen molar-refractivity contribution in [2.75, 3.05) is 0 Å². The summed E-state index contributed by atoms with van der Waals surface area (Å²) in [4.78, 5) is 17.7. The number of para-hydroxylation sites is 1. The molecule has 1 amide bonds. The van der Waals surface area contributed by atoms with Gasteiger partial charge in [0.1, 0.15) is 11.5 Å². The van der Waals surface area contributed by atoms with E-state index >= 15 is 0 Å². The van der Waals surface area contributed by atoms with Gasteiger partial charge in [-0.05, 0) is 55.9 Å². The van der Waals surface area contributed by atoms with Gasteiger partial charge < -0.3 is 9.88 Å². The van der Waals surface area contributed by atoms with Crippen molar-refractivity contribution < 1.29 is 4.79 Å². The number of aryl methyl sites for hydroxylation is 2. The third-order valence-electron chi connectivity index (χ3n) is 5.38. The molecule has 1 aromatic heterocycles. The van der Waals surface area contributed by atoms with Crippen LogP contribution in [0, 0.1) is 6.92 Å². The normalized spacial score (nSPS) is 15.1. The summed E-state index contributed by atoms with van der Waals surface area (Å²) in [5.74, 6) is 0.763. The molecule has 0 saturated heterocycles. The first-order chi connectivity index (χ1) is 14.2. The molecule has 1 aliphatic carbocycles. The summed E-state index contributed by atoms with van der Waals surface area (Å²) < 4.78 is 2.09. The van der Waals surface area contributed by atoms with Gasteiger partial charge in [-0.15, -0.1) is 0 Å². The van der Waals surface area contributed by atoms with Gasteiger partial charge >= 0.3 is 0 Å². The van der Waals surface area contributed by atoms with Crippen molar-refractivity contribution in [2.45, 2.75) is 59.4 Å². The first-order valence-electron chi connectivity index (χ1n) is 10.7. The maximum Gasteiger partial charge on any atom is 0.272 e. The Morgan fingerprint density at radius 3 is 2.52 bits per heavy atom. The van der Waals surface area contributed by atoms with E-state index in [4.69, 9.17) is 0 Å². The first-order valence-corrected chi connectivity index (χ1v) is 10.7. The van der Waals surface area contributed by atoms with Crippen LogP contribution < -0.4 is 5.32 Å². The fourth-order valence-corrected chi connectivity index (χ4v) is 4.14. The second-order valence-electron chi connectivity index (χ2n) is 7.10. The van der Waals surface area contributed by atoms with Crippen molar-refractivity contribution in [3.63, 3.8) is 0 Å². The highest BCUT2D eigenvalue weighted by Crippen LogP contribution is 2.30. The van der Waals surface area contributed by atoms with Gasteiger partial charge in [-0.1, -0.05) is 63.2 Å². The third kappa shape index (κ3) is 4.26. The molecule has 152 valence electrons. The number of carbonyl (C=O) groups excluding carboxylic acids is 1. The van der Waals surface area contributed by atoms with Crippen LogP contribution in [0.15, 0.2) is 54.6 Å². The maximum absolute atomic E-state index is 13.1. The van der Waals surface area contributed by atoms with Crippen LogP contribution in [0.2, 0.25) is 0 Å². The van der Waals surface area contributed by atoms with E-state index in [0.29, 0.717) is 5.69 Å². The lowest BCUT2D eigenvalue weighted by atomic mass is 9.87. The van der Waals surface area contributed by atoms with Crippen LogP contribution >= 0.6 is 0 Å². The van der Waals surface area contributed by atoms with Crippen LogP contribution in [0.3, 0.4) is 0 Å². The predicted octanol–water partition coefficient (Wildman–Crippen LogP) is 5.58. The van der Waals surface area contributed by atoms with E-state index in [1.807, 2.05) is 51.1 Å². The zero-order valence-electron chi connectivity index (χ0n) is 17.9. The molecule has 4 heteroatoms. The number of nitrogens with zero attached hydrogens (tertiary/aromatic N) is 2. The van der Waals surface area contributed by atoms with Crippen LogP contribution in [0.5, 0.6) is 0 Å². The summed E-state index contributed by atoms with van der Waals surface area (Å²) in [6.07, 6.45) is 3.91. The summed E-state index contributed by atoms with van der Waals surface area (Å²) in [6, 6.07) is 18.6. The molecule has 29 heavy (non-hydrogen) atoms. The number of hydrogen-bond acceptors (Lipinski definition) is 2. The van der Waals surface area contributed by atoms with E-state index in [9.17, 15) is 4.79 Å². The van der Waals surface area contributed by atoms with Gasteiger partial charge in [0.15, 0.2) is 0 Å². The van der Waals surface area contributed by atoms with Gasteiger partial charge in [0, 0.05) is 5.69 Å². The van der Waals surface area contributed by atoms with Crippen LogP contribution in [-0.2, 0) is 12.8 Å². The molecule has 0 saturated carbocycles. The lowest BCUT2D eigenvalue weighted by Gasteiger charge is -2.26. The van der Waals surface area contributed by atoms with Gasteiger partial charge in [-0.25, -0.2) is 4.98 Å². The summed E-state index contributed by atoms with van der Waals surface area (Å²) in [5.41, 5.74) is 5.13. The number of amides is 1. The van der Waals surface area contributed by atoms with Gasteiger partial charge in [0.05, 0.1) is 11.7 Å². The van der Waals surface area contributed by atoms with Crippen molar-refractivity contribution >= 4 is 5.91 Å². The number of carbonyl (C=O) groups is 1. The van der Waals surface area contributed by atoms with E-state index in [1.54, 1.807) is 0 Å². The Hall–Kier alpha value is -2.88. The highest BCUT2D eigenvalue weighted by Gasteiger charge is 2.25. The number of nitrogens with one attached hydrogen (secondary N) is 1. The Bertz CT molecular complexity index is 959. The molecule has 4 rings (SSSR count). The molecule has 1 atom stereocenters. The summed E-state index contributed by atoms with van der Waals surface area (Å²) in [5, 5.41) is 3.24. The molecule has 1 N–H and O–H groups in total. The zero-order chi connectivity index (χ0) is 20.8. The minimum atomic E-state index is -0.0775. The lowest BCUT2D eigenvalue weighted by Crippen LogP contribution is -2.31. The Kier molecular flexibility index (Phi) is 6.86. The maximum atomic E-state index is 13.1. The molecular weight excluding hydrogens is 358 g/mol. The number of rotatable bonds is 4.